The van der Waals surface area contributed by atoms with Gasteiger partial charge in [-0.15, -0.1) is 0 Å². The number of aryl methyl sites for hydroxylation is 1. The molecule has 0 radical (unpaired) electrons. The van der Waals surface area contributed by atoms with E-state index in [1.165, 1.54) is 10.7 Å². The molecule has 21 heteroatoms. The van der Waals surface area contributed by atoms with Gasteiger partial charge in [-0.25, -0.2) is 23.1 Å². The van der Waals surface area contributed by atoms with Gasteiger partial charge in [0.05, 0.1) is 65.6 Å². The standard InChI is InChI=1S/C47H57F2N13O6/c1-55-41-35(3-2-4-36(41)62(46(55)66)37-9-10-39(63)53-45(37)65)58-15-13-56(14-16-58)21-29-18-47(68-24-29)26-57(27-47)20-28-5-7-30(8-6-28)61-23-34(40(54-61)42(48)49)51-44(64)33-19-50-60-12-11-38(52-43(33)60)59-22-32-17-31(59)25-67-32/h2-4,11-12,19,23,28-32,37,42H,5-10,13-18,20-22,24-27H2,1H3,(H,51,64)(H,53,63,65)/t28-,29?,30-,31-,32-,37?/m1/s1. The third-order valence-corrected chi connectivity index (χ3v) is 15.9. The first-order chi connectivity index (χ1) is 33.0. The molecule has 3 amide bonds. The van der Waals surface area contributed by atoms with Crippen LogP contribution in [-0.4, -0.2) is 151 Å². The van der Waals surface area contributed by atoms with Gasteiger partial charge >= 0.3 is 5.69 Å². The molecule has 19 nitrogen and oxygen atoms in total. The lowest BCUT2D eigenvalue weighted by Gasteiger charge is -2.49. The van der Waals surface area contributed by atoms with E-state index in [-0.39, 0.29) is 53.1 Å². The Morgan fingerprint density at radius 2 is 1.78 bits per heavy atom. The Labute approximate surface area is 390 Å². The number of nitrogens with zero attached hydrogens (tertiary/aromatic N) is 11. The van der Waals surface area contributed by atoms with Gasteiger partial charge in [0, 0.05) is 84.8 Å². The van der Waals surface area contributed by atoms with Crippen LogP contribution in [0.25, 0.3) is 16.7 Å². The number of hydrogen-bond acceptors (Lipinski definition) is 13. The number of likely N-dealkylation sites (tertiary alicyclic amines) is 1. The molecule has 4 atom stereocenters. The number of imide groups is 1. The van der Waals surface area contributed by atoms with Crippen molar-refractivity contribution in [3.05, 3.63) is 64.6 Å². The van der Waals surface area contributed by atoms with Crippen LogP contribution in [0.5, 0.6) is 0 Å². The number of carbonyl (C=O) groups excluding carboxylic acids is 3. The summed E-state index contributed by atoms with van der Waals surface area (Å²) in [4.78, 5) is 65.9. The van der Waals surface area contributed by atoms with Crippen molar-refractivity contribution in [2.75, 3.05) is 87.2 Å². The molecule has 68 heavy (non-hydrogen) atoms. The number of alkyl halides is 2. The van der Waals surface area contributed by atoms with Crippen LogP contribution >= 0.6 is 0 Å². The van der Waals surface area contributed by atoms with Gasteiger partial charge in [0.2, 0.25) is 11.8 Å². The fourth-order valence-corrected chi connectivity index (χ4v) is 12.5. The Balaban J connectivity index is 0.607. The number of nitrogens with one attached hydrogen (secondary N) is 2. The summed E-state index contributed by atoms with van der Waals surface area (Å²) < 4.78 is 47.3. The highest BCUT2D eigenvalue weighted by molar-refractivity contribution is 6.08. The van der Waals surface area contributed by atoms with Crippen molar-refractivity contribution in [2.24, 2.45) is 18.9 Å². The van der Waals surface area contributed by atoms with Crippen LogP contribution < -0.4 is 26.1 Å². The number of para-hydroxylation sites is 1. The first kappa shape index (κ1) is 43.5. The molecule has 2 unspecified atom stereocenters. The number of carbonyl (C=O) groups is 3. The molecule has 2 N–H and O–H groups in total. The highest BCUT2D eigenvalue weighted by Gasteiger charge is 2.50. The lowest BCUT2D eigenvalue weighted by molar-refractivity contribution is -0.135. The van der Waals surface area contributed by atoms with Gasteiger partial charge < -0.3 is 24.6 Å². The maximum atomic E-state index is 14.4. The van der Waals surface area contributed by atoms with Crippen molar-refractivity contribution in [1.29, 1.82) is 0 Å². The minimum atomic E-state index is -2.86. The lowest BCUT2D eigenvalue weighted by Crippen LogP contribution is -2.62. The first-order valence-electron chi connectivity index (χ1n) is 24.2. The van der Waals surface area contributed by atoms with Crippen LogP contribution in [0.4, 0.5) is 26.0 Å². The Morgan fingerprint density at radius 3 is 2.53 bits per heavy atom. The highest BCUT2D eigenvalue weighted by Crippen LogP contribution is 2.42. The number of ether oxygens (including phenoxy) is 2. The number of hydrogen-bond donors (Lipinski definition) is 2. The Hall–Kier alpha value is -5.77. The van der Waals surface area contributed by atoms with Gasteiger partial charge in [0.1, 0.15) is 17.4 Å². The van der Waals surface area contributed by atoms with E-state index >= 15 is 0 Å². The molecule has 1 saturated carbocycles. The van der Waals surface area contributed by atoms with Gasteiger partial charge in [-0.05, 0) is 75.0 Å². The third kappa shape index (κ3) is 7.74. The molecule has 6 saturated heterocycles. The van der Waals surface area contributed by atoms with Crippen molar-refractivity contribution >= 4 is 51.6 Å². The van der Waals surface area contributed by atoms with Gasteiger partial charge in [-0.1, -0.05) is 6.07 Å². The molecule has 7 fully saturated rings. The second-order valence-corrected chi connectivity index (χ2v) is 20.3. The zero-order valence-corrected chi connectivity index (χ0v) is 38.1. The van der Waals surface area contributed by atoms with Crippen LogP contribution in [0.2, 0.25) is 0 Å². The summed E-state index contributed by atoms with van der Waals surface area (Å²) in [5.41, 5.74) is 2.25. The maximum absolute atomic E-state index is 14.4. The van der Waals surface area contributed by atoms with Crippen molar-refractivity contribution in [3.63, 3.8) is 0 Å². The Bertz CT molecular complexity index is 2840. The zero-order valence-electron chi connectivity index (χ0n) is 38.1. The minimum absolute atomic E-state index is 0.00284. The molecule has 360 valence electrons. The van der Waals surface area contributed by atoms with Crippen LogP contribution in [0, 0.1) is 11.8 Å². The predicted octanol–water partition coefficient (Wildman–Crippen LogP) is 3.37. The quantitative estimate of drug-likeness (QED) is 0.184. The smallest absolute Gasteiger partial charge is 0.329 e. The Kier molecular flexibility index (Phi) is 10.9. The fourth-order valence-electron chi connectivity index (χ4n) is 12.5. The topological polar surface area (TPSA) is 182 Å². The van der Waals surface area contributed by atoms with Crippen molar-refractivity contribution in [3.8, 4) is 0 Å². The normalized spacial score (nSPS) is 27.6. The largest absolute Gasteiger partial charge is 0.374 e. The number of fused-ring (bicyclic) bond motifs is 4. The Morgan fingerprint density at radius 1 is 0.971 bits per heavy atom. The molecule has 7 aliphatic rings. The number of benzene rings is 1. The number of imidazole rings is 1. The summed E-state index contributed by atoms with van der Waals surface area (Å²) in [6.45, 7) is 9.39. The van der Waals surface area contributed by atoms with E-state index in [2.05, 4.69) is 40.4 Å². The van der Waals surface area contributed by atoms with Gasteiger partial charge in [0.25, 0.3) is 12.3 Å². The fraction of sp³-hybridized carbons (Fsp3) is 0.596. The van der Waals surface area contributed by atoms with Crippen LogP contribution in [0.15, 0.2) is 47.7 Å². The molecule has 4 aromatic heterocycles. The maximum Gasteiger partial charge on any atom is 0.329 e. The van der Waals surface area contributed by atoms with E-state index in [0.717, 1.165) is 121 Å². The molecule has 1 aliphatic carbocycles. The molecule has 5 aromatic rings. The number of halogens is 2. The third-order valence-electron chi connectivity index (χ3n) is 15.9. The molecular weight excluding hydrogens is 881 g/mol. The summed E-state index contributed by atoms with van der Waals surface area (Å²) in [6.07, 6.45) is 8.13. The average molecular weight is 938 g/mol. The molecular formula is C47H57F2N13O6. The number of piperidine rings is 1. The molecule has 12 rings (SSSR count). The van der Waals surface area contributed by atoms with E-state index < -0.39 is 30.0 Å². The summed E-state index contributed by atoms with van der Waals surface area (Å²) in [5.74, 6) is 0.397. The second-order valence-electron chi connectivity index (χ2n) is 20.3. The summed E-state index contributed by atoms with van der Waals surface area (Å²) in [7, 11) is 1.75. The molecule has 2 bridgehead atoms. The molecule has 1 aromatic carbocycles. The van der Waals surface area contributed by atoms with E-state index in [4.69, 9.17) is 14.5 Å². The van der Waals surface area contributed by atoms with Gasteiger partial charge in [-0.2, -0.15) is 10.2 Å². The van der Waals surface area contributed by atoms with Crippen molar-refractivity contribution < 1.29 is 32.6 Å². The van der Waals surface area contributed by atoms with Crippen molar-refractivity contribution in [2.45, 2.75) is 87.6 Å². The SMILES string of the molecule is Cn1c(=O)n(C2CCC(=O)NC2=O)c2cccc(N3CCN(CC4COC5(C4)CN(C[C@H]4CC[C@H](n6cc(NC(=O)c7cnn8ccc(N9C[C@H]%10C[C@@H]9CO%10)nc78)c(C(F)F)n6)CC4)C5)CC3)c21. The number of rotatable bonds is 11. The second kappa shape index (κ2) is 17.0. The summed E-state index contributed by atoms with van der Waals surface area (Å²) >= 11 is 0. The zero-order chi connectivity index (χ0) is 46.4. The number of amides is 3. The monoisotopic (exact) mass is 937 g/mol. The van der Waals surface area contributed by atoms with E-state index in [1.54, 1.807) is 33.3 Å². The summed E-state index contributed by atoms with van der Waals surface area (Å²) in [6, 6.07) is 7.23. The van der Waals surface area contributed by atoms with Crippen molar-refractivity contribution in [1.82, 2.24) is 48.6 Å². The van der Waals surface area contributed by atoms with Crippen LogP contribution in [0.3, 0.4) is 0 Å². The summed E-state index contributed by atoms with van der Waals surface area (Å²) in [5, 5.41) is 13.7. The minimum Gasteiger partial charge on any atom is -0.374 e. The van der Waals surface area contributed by atoms with Gasteiger partial charge in [-0.3, -0.25) is 43.3 Å². The molecule has 1 spiro atoms. The van der Waals surface area contributed by atoms with E-state index in [0.29, 0.717) is 36.0 Å². The number of anilines is 3. The number of aromatic nitrogens is 7. The van der Waals surface area contributed by atoms with Crippen LogP contribution in [-0.2, 0) is 26.1 Å². The lowest BCUT2D eigenvalue weighted by atomic mass is 9.82. The average Bonchev–Trinajstić information content (AvgIpc) is 4.20. The molecule has 10 heterocycles. The highest BCUT2D eigenvalue weighted by atomic mass is 19.3. The number of piperazine rings is 1. The van der Waals surface area contributed by atoms with E-state index in [1.807, 2.05) is 24.3 Å². The molecule has 6 aliphatic heterocycles. The van der Waals surface area contributed by atoms with E-state index in [9.17, 15) is 28.0 Å². The first-order valence-corrected chi connectivity index (χ1v) is 24.2. The van der Waals surface area contributed by atoms with Gasteiger partial charge in [0.15, 0.2) is 11.3 Å². The van der Waals surface area contributed by atoms with Crippen LogP contribution in [0.1, 0.15) is 85.9 Å². The number of morpholine rings is 1. The predicted molar refractivity (Wildman–Crippen MR) is 245 cm³/mol.